The van der Waals surface area contributed by atoms with Gasteiger partial charge in [0, 0.05) is 0 Å². The van der Waals surface area contributed by atoms with Crippen molar-refractivity contribution in [3.05, 3.63) is 71.9 Å². The van der Waals surface area contributed by atoms with E-state index in [2.05, 4.69) is 109 Å². The van der Waals surface area contributed by atoms with E-state index in [0.717, 1.165) is 51.4 Å². The van der Waals surface area contributed by atoms with E-state index in [9.17, 15) is 0 Å². The molecular weight excluding hydrogens is 360 g/mol. The first-order valence-corrected chi connectivity index (χ1v) is 12.2. The van der Waals surface area contributed by atoms with Crippen molar-refractivity contribution in [3.8, 4) is 0 Å². The van der Waals surface area contributed by atoms with Crippen LogP contribution < -0.4 is 0 Å². The second-order valence-electron chi connectivity index (χ2n) is 9.46. The number of rotatable bonds is 15. The van der Waals surface area contributed by atoms with Gasteiger partial charge in [-0.05, 0) is 89.9 Å². The summed E-state index contributed by atoms with van der Waals surface area (Å²) >= 11 is 0. The van der Waals surface area contributed by atoms with Gasteiger partial charge in [-0.1, -0.05) is 99.6 Å². The second kappa shape index (κ2) is 18.2. The first kappa shape index (κ1) is 28.4. The summed E-state index contributed by atoms with van der Waals surface area (Å²) < 4.78 is 0. The normalized spacial score (nSPS) is 15.4. The van der Waals surface area contributed by atoms with Crippen LogP contribution in [-0.4, -0.2) is 0 Å². The van der Waals surface area contributed by atoms with Crippen LogP contribution in [0.2, 0.25) is 0 Å². The van der Waals surface area contributed by atoms with Crippen molar-refractivity contribution >= 4 is 0 Å². The van der Waals surface area contributed by atoms with Crippen molar-refractivity contribution in [2.45, 2.75) is 106 Å². The Morgan fingerprint density at radius 1 is 0.600 bits per heavy atom. The van der Waals surface area contributed by atoms with Gasteiger partial charge in [-0.25, -0.2) is 0 Å². The maximum Gasteiger partial charge on any atom is -0.0173 e. The molecule has 0 aliphatic rings. The average Bonchev–Trinajstić information content (AvgIpc) is 2.70. The summed E-state index contributed by atoms with van der Waals surface area (Å²) in [7, 11) is 0. The van der Waals surface area contributed by atoms with Crippen LogP contribution in [0.3, 0.4) is 0 Å². The van der Waals surface area contributed by atoms with Gasteiger partial charge in [-0.3, -0.25) is 0 Å². The Kier molecular flexibility index (Phi) is 17.3. The van der Waals surface area contributed by atoms with Crippen molar-refractivity contribution < 1.29 is 0 Å². The van der Waals surface area contributed by atoms with Gasteiger partial charge < -0.3 is 0 Å². The highest BCUT2D eigenvalue weighted by atomic mass is 14.2. The van der Waals surface area contributed by atoms with Gasteiger partial charge in [0.15, 0.2) is 0 Å². The van der Waals surface area contributed by atoms with Crippen LogP contribution in [0.4, 0.5) is 0 Å². The third kappa shape index (κ3) is 16.3. The summed E-state index contributed by atoms with van der Waals surface area (Å²) in [5.41, 5.74) is 3.38. The lowest BCUT2D eigenvalue weighted by Crippen LogP contribution is -2.11. The van der Waals surface area contributed by atoms with Crippen LogP contribution in [0.5, 0.6) is 0 Å². The van der Waals surface area contributed by atoms with Gasteiger partial charge >= 0.3 is 0 Å². The summed E-state index contributed by atoms with van der Waals surface area (Å²) in [4.78, 5) is 0. The lowest BCUT2D eigenvalue weighted by atomic mass is 9.81. The number of hydrogen-bond donors (Lipinski definition) is 0. The lowest BCUT2D eigenvalue weighted by molar-refractivity contribution is 0.486. The van der Waals surface area contributed by atoms with E-state index in [-0.39, 0.29) is 5.41 Å². The van der Waals surface area contributed by atoms with E-state index in [0.29, 0.717) is 5.92 Å². The fourth-order valence-electron chi connectivity index (χ4n) is 3.20. The van der Waals surface area contributed by atoms with Crippen molar-refractivity contribution in [2.24, 2.45) is 11.3 Å². The minimum absolute atomic E-state index is 0.283. The van der Waals surface area contributed by atoms with Gasteiger partial charge in [0.2, 0.25) is 0 Å². The van der Waals surface area contributed by atoms with Crippen LogP contribution in [-0.2, 0) is 0 Å². The summed E-state index contributed by atoms with van der Waals surface area (Å²) in [6.07, 6.45) is 33.5. The first-order chi connectivity index (χ1) is 14.3. The Labute approximate surface area is 189 Å². The van der Waals surface area contributed by atoms with Crippen molar-refractivity contribution in [1.29, 1.82) is 0 Å². The Hall–Kier alpha value is -1.56. The largest absolute Gasteiger partial charge is 0.0917 e. The van der Waals surface area contributed by atoms with Gasteiger partial charge in [-0.2, -0.15) is 0 Å². The highest BCUT2D eigenvalue weighted by Gasteiger charge is 2.17. The Balaban J connectivity index is 3.78. The molecule has 0 heterocycles. The third-order valence-electron chi connectivity index (χ3n) is 5.85. The molecule has 0 saturated heterocycles. The molecule has 0 fully saturated rings. The molecule has 0 spiro atoms. The molecule has 1 unspecified atom stereocenters. The Morgan fingerprint density at radius 3 is 1.27 bits per heavy atom. The topological polar surface area (TPSA) is 0 Å². The van der Waals surface area contributed by atoms with E-state index in [4.69, 9.17) is 0 Å². The van der Waals surface area contributed by atoms with E-state index < -0.39 is 0 Å². The van der Waals surface area contributed by atoms with Gasteiger partial charge in [0.1, 0.15) is 0 Å². The smallest absolute Gasteiger partial charge is 0.0173 e. The van der Waals surface area contributed by atoms with E-state index in [1.165, 1.54) is 12.0 Å². The summed E-state index contributed by atoms with van der Waals surface area (Å²) in [5.74, 6) is 0.636. The van der Waals surface area contributed by atoms with Crippen molar-refractivity contribution in [3.63, 3.8) is 0 Å². The number of allylic oxidation sites excluding steroid dienone is 12. The zero-order valence-electron chi connectivity index (χ0n) is 21.2. The molecule has 0 heteroatoms. The number of unbranched alkanes of at least 4 members (excludes halogenated alkanes) is 4. The average molecular weight is 411 g/mol. The zero-order chi connectivity index (χ0) is 22.7. The molecule has 0 bridgehead atoms. The fraction of sp³-hybridized carbons (Fsp3) is 0.600. The van der Waals surface area contributed by atoms with Gasteiger partial charge in [0.05, 0.1) is 0 Å². The molecule has 0 aromatic carbocycles. The standard InChI is InChI=1S/C30H50/c1-8-9-10-11-12-13-14-15-16-17-18-19-20-21-22-23-24-25-26-27(2)28(3)29(4)30(5,6)7/h8-9,12-13,16-17,20-21,24-25,27H,10-11,14-15,18-19,22-23,26H2,1-7H3. The highest BCUT2D eigenvalue weighted by Crippen LogP contribution is 2.31. The predicted molar refractivity (Wildman–Crippen MR) is 140 cm³/mol. The quantitative estimate of drug-likeness (QED) is 0.186. The molecule has 0 rings (SSSR count). The molecule has 0 N–H and O–H groups in total. The fourth-order valence-corrected chi connectivity index (χ4v) is 3.20. The minimum Gasteiger partial charge on any atom is -0.0917 e. The molecule has 0 saturated carbocycles. The summed E-state index contributed by atoms with van der Waals surface area (Å²) in [6, 6.07) is 0. The van der Waals surface area contributed by atoms with E-state index in [1.54, 1.807) is 5.57 Å². The Bertz CT molecular complexity index is 584. The second-order valence-corrected chi connectivity index (χ2v) is 9.46. The maximum atomic E-state index is 2.37. The van der Waals surface area contributed by atoms with E-state index in [1.807, 2.05) is 0 Å². The van der Waals surface area contributed by atoms with Crippen LogP contribution in [0, 0.1) is 11.3 Å². The van der Waals surface area contributed by atoms with Crippen LogP contribution in [0.1, 0.15) is 106 Å². The molecule has 0 aromatic heterocycles. The van der Waals surface area contributed by atoms with Crippen LogP contribution in [0.25, 0.3) is 0 Å². The predicted octanol–water partition coefficient (Wildman–Crippen LogP) is 10.3. The molecule has 1 atom stereocenters. The molecule has 0 aliphatic carbocycles. The first-order valence-electron chi connectivity index (χ1n) is 12.2. The number of hydrogen-bond acceptors (Lipinski definition) is 0. The van der Waals surface area contributed by atoms with Crippen LogP contribution in [0.15, 0.2) is 71.9 Å². The Morgan fingerprint density at radius 2 is 0.933 bits per heavy atom. The highest BCUT2D eigenvalue weighted by molar-refractivity contribution is 5.18. The molecule has 170 valence electrons. The SMILES string of the molecule is CC=CCCC=CCCC=CCCC=CCCC=CCC(C)C(C)=C(C)C(C)(C)C. The minimum atomic E-state index is 0.283. The molecule has 0 aromatic rings. The molecule has 0 amide bonds. The van der Waals surface area contributed by atoms with E-state index >= 15 is 0 Å². The molecule has 0 nitrogen and oxygen atoms in total. The van der Waals surface area contributed by atoms with Crippen molar-refractivity contribution in [1.82, 2.24) is 0 Å². The monoisotopic (exact) mass is 410 g/mol. The van der Waals surface area contributed by atoms with Gasteiger partial charge in [0.25, 0.3) is 0 Å². The van der Waals surface area contributed by atoms with Gasteiger partial charge in [-0.15, -0.1) is 0 Å². The molecule has 0 radical (unpaired) electrons. The lowest BCUT2D eigenvalue weighted by Gasteiger charge is -2.25. The zero-order valence-corrected chi connectivity index (χ0v) is 21.2. The molecule has 30 heavy (non-hydrogen) atoms. The molecule has 0 aliphatic heterocycles. The van der Waals surface area contributed by atoms with Crippen molar-refractivity contribution in [2.75, 3.05) is 0 Å². The summed E-state index contributed by atoms with van der Waals surface area (Å²) in [6.45, 7) is 16.0. The third-order valence-corrected chi connectivity index (χ3v) is 5.85. The molecular formula is C30H50. The van der Waals surface area contributed by atoms with Crippen LogP contribution >= 0.6 is 0 Å². The summed E-state index contributed by atoms with van der Waals surface area (Å²) in [5, 5.41) is 0. The maximum absolute atomic E-state index is 2.37.